The Balaban J connectivity index is 4.57. The maximum Gasteiger partial charge on any atom is 0.472 e. The molecular weight excluding hydrogens is 725 g/mol. The van der Waals surface area contributed by atoms with E-state index < -0.39 is 32.5 Å². The van der Waals surface area contributed by atoms with Crippen LogP contribution in [0.15, 0.2) is 85.1 Å². The molecule has 56 heavy (non-hydrogen) atoms. The first kappa shape index (κ1) is 53.2. The normalized spacial score (nSPS) is 14.5. The Hall–Kier alpha value is -2.81. The minimum atomic E-state index is -4.40. The first-order chi connectivity index (χ1) is 27.0. The first-order valence-electron chi connectivity index (χ1n) is 21.3. The van der Waals surface area contributed by atoms with E-state index in [1.807, 2.05) is 21.1 Å². The highest BCUT2D eigenvalue weighted by atomic mass is 31.2. The van der Waals surface area contributed by atoms with Gasteiger partial charge in [0.25, 0.3) is 0 Å². The predicted molar refractivity (Wildman–Crippen MR) is 233 cm³/mol. The second kappa shape index (κ2) is 37.7. The maximum absolute atomic E-state index is 12.7. The van der Waals surface area contributed by atoms with Crippen molar-refractivity contribution in [3.63, 3.8) is 0 Å². The Morgan fingerprint density at radius 2 is 0.964 bits per heavy atom. The van der Waals surface area contributed by atoms with Crippen molar-refractivity contribution in [2.75, 3.05) is 47.5 Å². The summed E-state index contributed by atoms with van der Waals surface area (Å²) in [5.74, 6) is -0.919. The van der Waals surface area contributed by atoms with Crippen molar-refractivity contribution >= 4 is 19.8 Å². The summed E-state index contributed by atoms with van der Waals surface area (Å²) in [5.41, 5.74) is 0. The quantitative estimate of drug-likeness (QED) is 0.0217. The van der Waals surface area contributed by atoms with Crippen LogP contribution in [0, 0.1) is 0 Å². The van der Waals surface area contributed by atoms with E-state index in [2.05, 4.69) is 98.9 Å². The third kappa shape index (κ3) is 40.8. The van der Waals surface area contributed by atoms with Gasteiger partial charge in [0.05, 0.1) is 27.7 Å². The van der Waals surface area contributed by atoms with Crippen LogP contribution >= 0.6 is 7.82 Å². The molecule has 0 saturated carbocycles. The van der Waals surface area contributed by atoms with Crippen molar-refractivity contribution in [1.82, 2.24) is 0 Å². The Kier molecular flexibility index (Phi) is 35.9. The minimum Gasteiger partial charge on any atom is -0.462 e. The zero-order valence-corrected chi connectivity index (χ0v) is 36.7. The van der Waals surface area contributed by atoms with E-state index in [4.69, 9.17) is 18.5 Å². The van der Waals surface area contributed by atoms with Gasteiger partial charge >= 0.3 is 19.8 Å². The van der Waals surface area contributed by atoms with Crippen LogP contribution in [0.3, 0.4) is 0 Å². The van der Waals surface area contributed by atoms with Crippen molar-refractivity contribution < 1.29 is 42.1 Å². The molecule has 0 aromatic carbocycles. The molecule has 0 fully saturated rings. The Morgan fingerprint density at radius 3 is 1.41 bits per heavy atom. The van der Waals surface area contributed by atoms with Crippen LogP contribution in [0.2, 0.25) is 0 Å². The average Bonchev–Trinajstić information content (AvgIpc) is 3.15. The van der Waals surface area contributed by atoms with Crippen LogP contribution in [0.1, 0.15) is 142 Å². The summed E-state index contributed by atoms with van der Waals surface area (Å²) in [6.45, 7) is 4.22. The van der Waals surface area contributed by atoms with E-state index in [9.17, 15) is 19.0 Å². The molecule has 0 aliphatic rings. The lowest BCUT2D eigenvalue weighted by Gasteiger charge is -2.24. The first-order valence-corrected chi connectivity index (χ1v) is 22.8. The molecule has 1 N–H and O–H groups in total. The monoisotopic (exact) mass is 805 g/mol. The Labute approximate surface area is 341 Å². The highest BCUT2D eigenvalue weighted by molar-refractivity contribution is 7.47. The number of nitrogens with zero attached hydrogens (tertiary/aromatic N) is 1. The molecule has 0 amide bonds. The van der Waals surface area contributed by atoms with Gasteiger partial charge in [-0.1, -0.05) is 125 Å². The number of likely N-dealkylation sites (N-methyl/N-ethyl adjacent to an activating group) is 1. The van der Waals surface area contributed by atoms with Crippen LogP contribution in [-0.2, 0) is 32.7 Å². The number of rotatable bonds is 37. The molecule has 0 heterocycles. The standard InChI is InChI=1S/C46H78NO8P/c1-6-8-10-12-14-16-18-20-22-23-25-26-28-30-32-34-36-38-45(48)52-42-44(43-54-56(50,51)53-41-40-47(3,4)5)55-46(49)39-37-35-33-31-29-27-24-21-19-17-15-13-11-9-7-2/h14-17,20-22,24-26,29-32,44H,6-13,18-19,23,27-28,33-43H2,1-5H3/p+1/b16-14-,17-15-,22-20-,24-21-,26-25-,31-29-,32-30-/t44-/m1/s1. The third-order valence-electron chi connectivity index (χ3n) is 8.40. The van der Waals surface area contributed by atoms with Crippen molar-refractivity contribution in [3.05, 3.63) is 85.1 Å². The summed E-state index contributed by atoms with van der Waals surface area (Å²) >= 11 is 0. The highest BCUT2D eigenvalue weighted by Crippen LogP contribution is 2.43. The number of hydrogen-bond acceptors (Lipinski definition) is 7. The number of allylic oxidation sites excluding steroid dienone is 14. The Morgan fingerprint density at radius 1 is 0.554 bits per heavy atom. The molecule has 0 aliphatic carbocycles. The lowest BCUT2D eigenvalue weighted by molar-refractivity contribution is -0.870. The zero-order chi connectivity index (χ0) is 41.4. The molecule has 0 radical (unpaired) electrons. The number of unbranched alkanes of at least 4 members (excludes halogenated alkanes) is 9. The second-order valence-electron chi connectivity index (χ2n) is 15.0. The van der Waals surface area contributed by atoms with Gasteiger partial charge in [0.15, 0.2) is 6.10 Å². The maximum atomic E-state index is 12.7. The molecule has 10 heteroatoms. The van der Waals surface area contributed by atoms with Crippen molar-refractivity contribution in [3.8, 4) is 0 Å². The van der Waals surface area contributed by atoms with Gasteiger partial charge in [-0.3, -0.25) is 18.6 Å². The predicted octanol–water partition coefficient (Wildman–Crippen LogP) is 12.0. The van der Waals surface area contributed by atoms with E-state index in [1.165, 1.54) is 44.9 Å². The van der Waals surface area contributed by atoms with E-state index >= 15 is 0 Å². The molecule has 0 rings (SSSR count). The molecule has 2 atom stereocenters. The van der Waals surface area contributed by atoms with Gasteiger partial charge in [0.2, 0.25) is 0 Å². The molecule has 0 spiro atoms. The molecule has 0 aromatic heterocycles. The molecule has 0 aromatic rings. The third-order valence-corrected chi connectivity index (χ3v) is 9.38. The lowest BCUT2D eigenvalue weighted by atomic mass is 10.1. The topological polar surface area (TPSA) is 108 Å². The van der Waals surface area contributed by atoms with Crippen molar-refractivity contribution in [2.24, 2.45) is 0 Å². The lowest BCUT2D eigenvalue weighted by Crippen LogP contribution is -2.37. The molecule has 0 aliphatic heterocycles. The minimum absolute atomic E-state index is 0.0113. The number of quaternary nitrogens is 1. The average molecular weight is 805 g/mol. The fraction of sp³-hybridized carbons (Fsp3) is 0.652. The smallest absolute Gasteiger partial charge is 0.462 e. The summed E-state index contributed by atoms with van der Waals surface area (Å²) in [6.07, 6.45) is 47.8. The molecule has 9 nitrogen and oxygen atoms in total. The van der Waals surface area contributed by atoms with Gasteiger partial charge in [-0.05, 0) is 89.9 Å². The van der Waals surface area contributed by atoms with Crippen LogP contribution in [0.5, 0.6) is 0 Å². The van der Waals surface area contributed by atoms with Crippen LogP contribution in [0.4, 0.5) is 0 Å². The summed E-state index contributed by atoms with van der Waals surface area (Å²) in [5, 5.41) is 0. The van der Waals surface area contributed by atoms with Gasteiger partial charge in [0, 0.05) is 12.8 Å². The van der Waals surface area contributed by atoms with Gasteiger partial charge in [-0.15, -0.1) is 0 Å². The number of carbonyl (C=O) groups excluding carboxylic acids is 2. The number of esters is 2. The molecule has 0 saturated heterocycles. The number of ether oxygens (including phenoxy) is 2. The van der Waals surface area contributed by atoms with Gasteiger partial charge in [0.1, 0.15) is 19.8 Å². The molecule has 0 bridgehead atoms. The van der Waals surface area contributed by atoms with Crippen LogP contribution in [-0.4, -0.2) is 74.9 Å². The van der Waals surface area contributed by atoms with Crippen molar-refractivity contribution in [1.29, 1.82) is 0 Å². The fourth-order valence-corrected chi connectivity index (χ4v) is 5.75. The summed E-state index contributed by atoms with van der Waals surface area (Å²) in [4.78, 5) is 35.3. The number of phosphoric acid groups is 1. The van der Waals surface area contributed by atoms with Gasteiger partial charge in [-0.2, -0.15) is 0 Å². The second-order valence-corrected chi connectivity index (χ2v) is 16.5. The zero-order valence-electron chi connectivity index (χ0n) is 35.8. The van der Waals surface area contributed by atoms with E-state index in [0.717, 1.165) is 57.8 Å². The number of carbonyl (C=O) groups is 2. The van der Waals surface area contributed by atoms with E-state index in [1.54, 1.807) is 0 Å². The van der Waals surface area contributed by atoms with E-state index in [0.29, 0.717) is 23.9 Å². The largest absolute Gasteiger partial charge is 0.472 e. The van der Waals surface area contributed by atoms with Crippen LogP contribution in [0.25, 0.3) is 0 Å². The fourth-order valence-electron chi connectivity index (χ4n) is 5.01. The SMILES string of the molecule is CCCCC/C=C\C/C=C\C/C=C\C/C=C\CCCC(=O)OC[C@H](COP(=O)(O)OCC[N+](C)(C)C)OC(=O)CCCC/C=C\C/C=C\C/C=C\CCCCC. The summed E-state index contributed by atoms with van der Waals surface area (Å²) in [6, 6.07) is 0. The number of phosphoric ester groups is 1. The van der Waals surface area contributed by atoms with Crippen LogP contribution < -0.4 is 0 Å². The summed E-state index contributed by atoms with van der Waals surface area (Å²) in [7, 11) is 1.41. The molecular formula is C46H79NO8P+. The van der Waals surface area contributed by atoms with Crippen molar-refractivity contribution in [2.45, 2.75) is 148 Å². The van der Waals surface area contributed by atoms with E-state index in [-0.39, 0.29) is 26.1 Å². The Bertz CT molecular complexity index is 1230. The van der Waals surface area contributed by atoms with Gasteiger partial charge in [-0.25, -0.2) is 4.57 Å². The highest BCUT2D eigenvalue weighted by Gasteiger charge is 2.27. The molecule has 1 unspecified atom stereocenters. The summed E-state index contributed by atoms with van der Waals surface area (Å²) < 4.78 is 34.1. The van der Waals surface area contributed by atoms with Gasteiger partial charge < -0.3 is 18.9 Å². The number of hydrogen-bond donors (Lipinski definition) is 1. The molecule has 320 valence electrons.